The van der Waals surface area contributed by atoms with Crippen molar-refractivity contribution in [3.05, 3.63) is 77.9 Å². The van der Waals surface area contributed by atoms with Crippen LogP contribution in [0.2, 0.25) is 0 Å². The zero-order valence-corrected chi connectivity index (χ0v) is 28.1. The maximum Gasteiger partial charge on any atom is 0.138 e. The van der Waals surface area contributed by atoms with Gasteiger partial charge in [0.2, 0.25) is 0 Å². The summed E-state index contributed by atoms with van der Waals surface area (Å²) in [6, 6.07) is 10.7. The predicted molar refractivity (Wildman–Crippen MR) is 185 cm³/mol. The summed E-state index contributed by atoms with van der Waals surface area (Å²) < 4.78 is 5.56. The van der Waals surface area contributed by atoms with Crippen LogP contribution in [-0.4, -0.2) is 43.3 Å². The number of ketones is 1. The van der Waals surface area contributed by atoms with Gasteiger partial charge in [0.15, 0.2) is 0 Å². The minimum Gasteiger partial charge on any atom is -0.388 e. The van der Waals surface area contributed by atoms with Gasteiger partial charge in [0.1, 0.15) is 5.78 Å². The SMILES string of the molecule is COC1CCCC(CCCCCC/C=C(\C)C(O)CC(=O)C(C)CC/C=C/C=C/C=C(\C)C(C)N(C)c2ccccc2)C1. The molecule has 0 saturated heterocycles. The van der Waals surface area contributed by atoms with Crippen molar-refractivity contribution in [2.45, 2.75) is 129 Å². The summed E-state index contributed by atoms with van der Waals surface area (Å²) in [6.45, 7) is 8.32. The fourth-order valence-corrected chi connectivity index (χ4v) is 5.95. The Morgan fingerprint density at radius 3 is 2.49 bits per heavy atom. The normalized spacial score (nSPS) is 20.4. The van der Waals surface area contributed by atoms with E-state index in [1.54, 1.807) is 0 Å². The monoisotopic (exact) mass is 591 g/mol. The molecule has 1 aliphatic carbocycles. The largest absolute Gasteiger partial charge is 0.388 e. The highest BCUT2D eigenvalue weighted by molar-refractivity contribution is 5.81. The van der Waals surface area contributed by atoms with Gasteiger partial charge in [-0.1, -0.05) is 106 Å². The molecule has 0 spiro atoms. The smallest absolute Gasteiger partial charge is 0.138 e. The molecule has 5 atom stereocenters. The van der Waals surface area contributed by atoms with Crippen LogP contribution in [0.1, 0.15) is 111 Å². The van der Waals surface area contributed by atoms with Crippen LogP contribution in [0.3, 0.4) is 0 Å². The topological polar surface area (TPSA) is 49.8 Å². The molecule has 1 saturated carbocycles. The second-order valence-electron chi connectivity index (χ2n) is 12.8. The maximum absolute atomic E-state index is 12.7. The average Bonchev–Trinajstić information content (AvgIpc) is 3.03. The van der Waals surface area contributed by atoms with Crippen LogP contribution >= 0.6 is 0 Å². The van der Waals surface area contributed by atoms with Crippen LogP contribution in [0, 0.1) is 11.8 Å². The first-order valence-electron chi connectivity index (χ1n) is 16.9. The lowest BCUT2D eigenvalue weighted by atomic mass is 9.84. The number of carbonyl (C=O) groups is 1. The van der Waals surface area contributed by atoms with E-state index in [1.807, 2.05) is 27.0 Å². The molecule has 1 aliphatic rings. The maximum atomic E-state index is 12.7. The van der Waals surface area contributed by atoms with Crippen molar-refractivity contribution in [2.75, 3.05) is 19.1 Å². The van der Waals surface area contributed by atoms with Crippen LogP contribution < -0.4 is 4.90 Å². The van der Waals surface area contributed by atoms with Gasteiger partial charge in [0.25, 0.3) is 0 Å². The summed E-state index contributed by atoms with van der Waals surface area (Å²) in [4.78, 5) is 15.0. The molecule has 0 bridgehead atoms. The summed E-state index contributed by atoms with van der Waals surface area (Å²) in [5, 5.41) is 10.6. The van der Waals surface area contributed by atoms with Crippen molar-refractivity contribution in [1.82, 2.24) is 0 Å². The van der Waals surface area contributed by atoms with E-state index >= 15 is 0 Å². The number of hydrogen-bond donors (Lipinski definition) is 1. The molecule has 0 heterocycles. The third-order valence-corrected chi connectivity index (χ3v) is 9.46. The van der Waals surface area contributed by atoms with Crippen LogP contribution in [0.15, 0.2) is 77.9 Å². The van der Waals surface area contributed by atoms with Crippen LogP contribution in [0.5, 0.6) is 0 Å². The lowest BCUT2D eigenvalue weighted by molar-refractivity contribution is -0.124. The van der Waals surface area contributed by atoms with Gasteiger partial charge in [-0.2, -0.15) is 0 Å². The molecule has 240 valence electrons. The van der Waals surface area contributed by atoms with E-state index in [4.69, 9.17) is 4.74 Å². The third-order valence-electron chi connectivity index (χ3n) is 9.46. The molecule has 1 fully saturated rings. The van der Waals surface area contributed by atoms with Gasteiger partial charge in [-0.25, -0.2) is 0 Å². The Morgan fingerprint density at radius 1 is 1.00 bits per heavy atom. The lowest BCUT2D eigenvalue weighted by Gasteiger charge is -2.28. The summed E-state index contributed by atoms with van der Waals surface area (Å²) >= 11 is 0. The van der Waals surface area contributed by atoms with Crippen LogP contribution in [0.25, 0.3) is 0 Å². The van der Waals surface area contributed by atoms with Crippen molar-refractivity contribution in [2.24, 2.45) is 11.8 Å². The number of Topliss-reactive ketones (excluding diaryl/α,β-unsaturated/α-hetero) is 1. The molecule has 1 aromatic rings. The number of carbonyl (C=O) groups excluding carboxylic acids is 1. The number of aliphatic hydroxyl groups excluding tert-OH is 1. The van der Waals surface area contributed by atoms with Gasteiger partial charge in [-0.15, -0.1) is 0 Å². The first-order valence-corrected chi connectivity index (χ1v) is 16.9. The van der Waals surface area contributed by atoms with E-state index in [1.165, 1.54) is 62.6 Å². The summed E-state index contributed by atoms with van der Waals surface area (Å²) in [5.41, 5.74) is 3.44. The van der Waals surface area contributed by atoms with E-state index in [0.717, 1.165) is 37.2 Å². The van der Waals surface area contributed by atoms with E-state index in [-0.39, 0.29) is 18.1 Å². The third kappa shape index (κ3) is 14.7. The molecule has 4 heteroatoms. The first kappa shape index (κ1) is 36.8. The number of hydrogen-bond acceptors (Lipinski definition) is 4. The quantitative estimate of drug-likeness (QED) is 0.0931. The van der Waals surface area contributed by atoms with Gasteiger partial charge >= 0.3 is 0 Å². The number of unbranched alkanes of at least 4 members (excludes halogenated alkanes) is 4. The van der Waals surface area contributed by atoms with Crippen molar-refractivity contribution < 1.29 is 14.6 Å². The van der Waals surface area contributed by atoms with Crippen molar-refractivity contribution >= 4 is 11.5 Å². The Bertz CT molecular complexity index is 1020. The number of aliphatic hydroxyl groups is 1. The van der Waals surface area contributed by atoms with Crippen molar-refractivity contribution in [1.29, 1.82) is 0 Å². The van der Waals surface area contributed by atoms with Crippen LogP contribution in [-0.2, 0) is 9.53 Å². The number of methoxy groups -OCH3 is 1. The Kier molecular flexibility index (Phi) is 18.2. The Balaban J connectivity index is 1.58. The molecule has 43 heavy (non-hydrogen) atoms. The molecule has 1 aromatic carbocycles. The van der Waals surface area contributed by atoms with E-state index in [0.29, 0.717) is 12.1 Å². The molecule has 2 rings (SSSR count). The molecule has 0 aliphatic heterocycles. The number of nitrogens with zero attached hydrogens (tertiary/aromatic N) is 1. The molecule has 4 nitrogen and oxygen atoms in total. The van der Waals surface area contributed by atoms with E-state index in [2.05, 4.69) is 86.5 Å². The molecule has 5 unspecified atom stereocenters. The molecular formula is C39H61NO3. The molecule has 0 amide bonds. The zero-order valence-electron chi connectivity index (χ0n) is 28.1. The minimum absolute atomic E-state index is 0.0454. The van der Waals surface area contributed by atoms with Crippen molar-refractivity contribution in [3.8, 4) is 0 Å². The van der Waals surface area contributed by atoms with Crippen molar-refractivity contribution in [3.63, 3.8) is 0 Å². The van der Waals surface area contributed by atoms with Gasteiger partial charge in [-0.05, 0) is 82.9 Å². The number of para-hydroxylation sites is 1. The average molecular weight is 592 g/mol. The number of anilines is 1. The van der Waals surface area contributed by atoms with Gasteiger partial charge in [0.05, 0.1) is 12.2 Å². The number of allylic oxidation sites excluding steroid dienone is 6. The Morgan fingerprint density at radius 2 is 1.74 bits per heavy atom. The second-order valence-corrected chi connectivity index (χ2v) is 12.8. The summed E-state index contributed by atoms with van der Waals surface area (Å²) in [5.74, 6) is 0.955. The Labute approximate surface area is 264 Å². The van der Waals surface area contributed by atoms with Gasteiger partial charge in [0, 0.05) is 38.2 Å². The first-order chi connectivity index (χ1) is 20.7. The highest BCUT2D eigenvalue weighted by atomic mass is 16.5. The number of likely N-dealkylation sites (N-methyl/N-ethyl adjacent to an activating group) is 1. The molecule has 1 N–H and O–H groups in total. The van der Waals surface area contributed by atoms with E-state index in [9.17, 15) is 9.90 Å². The fraction of sp³-hybridized carbons (Fsp3) is 0.615. The molecule has 0 radical (unpaired) electrons. The zero-order chi connectivity index (χ0) is 31.5. The highest BCUT2D eigenvalue weighted by Crippen LogP contribution is 2.30. The molecular weight excluding hydrogens is 530 g/mol. The summed E-state index contributed by atoms with van der Waals surface area (Å²) in [6.07, 6.45) is 26.8. The standard InChI is InChI=1S/C39H61NO3/c1-31(34(4)40(5)36-26-18-13-19-27-36)21-14-9-7-10-15-22-32(2)38(41)30-39(42)33(3)23-16-11-8-12-17-24-35-25-20-28-37(29-35)43-6/h7,9-10,13-14,18-19,21,23,26-27,32,34-35,37,39,42H,8,11-12,15-17,20,22,24-25,28-30H2,1-6H3/b10-7+,14-9+,31-21+,33-23+. The second kappa shape index (κ2) is 21.3. The Hall–Kier alpha value is -2.43. The fourth-order valence-electron chi connectivity index (χ4n) is 5.95. The lowest BCUT2D eigenvalue weighted by Crippen LogP contribution is -2.29. The predicted octanol–water partition coefficient (Wildman–Crippen LogP) is 9.80. The number of benzene rings is 1. The summed E-state index contributed by atoms with van der Waals surface area (Å²) in [7, 11) is 3.97. The van der Waals surface area contributed by atoms with Gasteiger partial charge < -0.3 is 14.7 Å². The van der Waals surface area contributed by atoms with E-state index < -0.39 is 6.10 Å². The van der Waals surface area contributed by atoms with Crippen LogP contribution in [0.4, 0.5) is 5.69 Å². The highest BCUT2D eigenvalue weighted by Gasteiger charge is 2.21. The minimum atomic E-state index is -0.660. The number of rotatable bonds is 20. The molecule has 0 aromatic heterocycles. The van der Waals surface area contributed by atoms with Gasteiger partial charge in [-0.3, -0.25) is 4.79 Å². The number of ether oxygens (including phenoxy) is 1.